The van der Waals surface area contributed by atoms with E-state index >= 15 is 0 Å². The highest BCUT2D eigenvalue weighted by Gasteiger charge is 2.07. The average Bonchev–Trinajstić information content (AvgIpc) is 2.37. The Morgan fingerprint density at radius 3 is 2.61 bits per heavy atom. The maximum absolute atomic E-state index is 12.7. The van der Waals surface area contributed by atoms with Gasteiger partial charge in [-0.15, -0.1) is 0 Å². The molecule has 0 aliphatic heterocycles. The SMILES string of the molecule is O=C(COc1cccc(Br)n1)c1ccc(F)cc1. The van der Waals surface area contributed by atoms with Gasteiger partial charge in [0.15, 0.2) is 12.4 Å². The number of nitrogens with zero attached hydrogens (tertiary/aromatic N) is 1. The number of pyridine rings is 1. The van der Waals surface area contributed by atoms with Gasteiger partial charge < -0.3 is 4.74 Å². The van der Waals surface area contributed by atoms with E-state index in [1.54, 1.807) is 18.2 Å². The zero-order valence-corrected chi connectivity index (χ0v) is 10.9. The van der Waals surface area contributed by atoms with E-state index in [4.69, 9.17) is 4.74 Å². The zero-order valence-electron chi connectivity index (χ0n) is 9.27. The number of hydrogen-bond donors (Lipinski definition) is 0. The Hall–Kier alpha value is -1.75. The van der Waals surface area contributed by atoms with E-state index in [0.717, 1.165) is 0 Å². The maximum atomic E-state index is 12.7. The van der Waals surface area contributed by atoms with Gasteiger partial charge in [0, 0.05) is 11.6 Å². The normalized spacial score (nSPS) is 10.1. The molecule has 0 fully saturated rings. The molecule has 0 bridgehead atoms. The minimum Gasteiger partial charge on any atom is -0.469 e. The van der Waals surface area contributed by atoms with Crippen LogP contribution >= 0.6 is 15.9 Å². The van der Waals surface area contributed by atoms with Crippen LogP contribution in [0.3, 0.4) is 0 Å². The van der Waals surface area contributed by atoms with Crippen molar-refractivity contribution in [3.63, 3.8) is 0 Å². The molecule has 3 nitrogen and oxygen atoms in total. The molecule has 0 saturated heterocycles. The van der Waals surface area contributed by atoms with Crippen LogP contribution in [0.15, 0.2) is 47.1 Å². The molecule has 2 rings (SSSR count). The first-order valence-electron chi connectivity index (χ1n) is 5.19. The molecule has 0 radical (unpaired) electrons. The molecule has 92 valence electrons. The molecule has 0 N–H and O–H groups in total. The molecule has 1 aromatic carbocycles. The number of Topliss-reactive ketones (excluding diaryl/α,β-unsaturated/α-hetero) is 1. The number of ketones is 1. The van der Waals surface area contributed by atoms with E-state index in [-0.39, 0.29) is 18.2 Å². The Labute approximate surface area is 112 Å². The summed E-state index contributed by atoms with van der Waals surface area (Å²) < 4.78 is 18.6. The number of rotatable bonds is 4. The van der Waals surface area contributed by atoms with Gasteiger partial charge in [-0.1, -0.05) is 6.07 Å². The first-order valence-corrected chi connectivity index (χ1v) is 5.98. The number of hydrogen-bond acceptors (Lipinski definition) is 3. The second kappa shape index (κ2) is 5.73. The van der Waals surface area contributed by atoms with Crippen LogP contribution in [0.2, 0.25) is 0 Å². The number of carbonyl (C=O) groups excluding carboxylic acids is 1. The topological polar surface area (TPSA) is 39.2 Å². The third kappa shape index (κ3) is 3.37. The van der Waals surface area contributed by atoms with E-state index in [1.165, 1.54) is 24.3 Å². The molecule has 1 aromatic heterocycles. The number of ether oxygens (including phenoxy) is 1. The standard InChI is InChI=1S/C13H9BrFNO2/c14-12-2-1-3-13(16-12)18-8-11(17)9-4-6-10(15)7-5-9/h1-7H,8H2. The Morgan fingerprint density at radius 2 is 1.94 bits per heavy atom. The minimum atomic E-state index is -0.374. The van der Waals surface area contributed by atoms with Gasteiger partial charge >= 0.3 is 0 Å². The van der Waals surface area contributed by atoms with Crippen LogP contribution in [0.4, 0.5) is 4.39 Å². The predicted molar refractivity (Wildman–Crippen MR) is 68.2 cm³/mol. The lowest BCUT2D eigenvalue weighted by molar-refractivity contribution is 0.0918. The third-order valence-electron chi connectivity index (χ3n) is 2.21. The molecule has 0 saturated carbocycles. The molecule has 0 atom stereocenters. The largest absolute Gasteiger partial charge is 0.469 e. The van der Waals surface area contributed by atoms with Crippen LogP contribution in [-0.4, -0.2) is 17.4 Å². The van der Waals surface area contributed by atoms with Crippen molar-refractivity contribution in [3.05, 3.63) is 58.4 Å². The molecular formula is C13H9BrFNO2. The van der Waals surface area contributed by atoms with Crippen molar-refractivity contribution in [2.45, 2.75) is 0 Å². The Bertz CT molecular complexity index is 557. The third-order valence-corrected chi connectivity index (χ3v) is 2.65. The Kier molecular flexibility index (Phi) is 4.04. The van der Waals surface area contributed by atoms with E-state index in [1.807, 2.05) is 0 Å². The zero-order chi connectivity index (χ0) is 13.0. The van der Waals surface area contributed by atoms with Crippen molar-refractivity contribution in [1.29, 1.82) is 0 Å². The summed E-state index contributed by atoms with van der Waals surface area (Å²) in [4.78, 5) is 15.8. The second-order valence-corrected chi connectivity index (χ2v) is 4.33. The minimum absolute atomic E-state index is 0.130. The molecule has 0 unspecified atom stereocenters. The fourth-order valence-corrected chi connectivity index (χ4v) is 1.66. The van der Waals surface area contributed by atoms with E-state index < -0.39 is 0 Å². The monoisotopic (exact) mass is 309 g/mol. The lowest BCUT2D eigenvalue weighted by atomic mass is 10.1. The summed E-state index contributed by atoms with van der Waals surface area (Å²) in [7, 11) is 0. The molecule has 0 spiro atoms. The summed E-state index contributed by atoms with van der Waals surface area (Å²) in [5.41, 5.74) is 0.409. The van der Waals surface area contributed by atoms with E-state index in [9.17, 15) is 9.18 Å². The second-order valence-electron chi connectivity index (χ2n) is 3.52. The molecule has 0 amide bonds. The van der Waals surface area contributed by atoms with Gasteiger partial charge in [0.25, 0.3) is 0 Å². The van der Waals surface area contributed by atoms with Crippen molar-refractivity contribution in [3.8, 4) is 5.88 Å². The molecule has 2 aromatic rings. The van der Waals surface area contributed by atoms with Gasteiger partial charge in [-0.05, 0) is 46.3 Å². The number of aromatic nitrogens is 1. The molecule has 0 aliphatic carbocycles. The Balaban J connectivity index is 1.98. The summed E-state index contributed by atoms with van der Waals surface area (Å²) >= 11 is 3.20. The van der Waals surface area contributed by atoms with Crippen LogP contribution in [0, 0.1) is 5.82 Å². The van der Waals surface area contributed by atoms with Crippen LogP contribution in [0.5, 0.6) is 5.88 Å². The van der Waals surface area contributed by atoms with Gasteiger partial charge in [0.1, 0.15) is 10.4 Å². The highest BCUT2D eigenvalue weighted by atomic mass is 79.9. The van der Waals surface area contributed by atoms with Crippen LogP contribution in [-0.2, 0) is 0 Å². The lowest BCUT2D eigenvalue weighted by Crippen LogP contribution is -2.12. The maximum Gasteiger partial charge on any atom is 0.214 e. The van der Waals surface area contributed by atoms with Gasteiger partial charge in [-0.3, -0.25) is 4.79 Å². The van der Waals surface area contributed by atoms with E-state index in [0.29, 0.717) is 16.0 Å². The van der Waals surface area contributed by atoms with Crippen molar-refractivity contribution in [1.82, 2.24) is 4.98 Å². The fourth-order valence-electron chi connectivity index (χ4n) is 1.33. The summed E-state index contributed by atoms with van der Waals surface area (Å²) in [6.07, 6.45) is 0. The Morgan fingerprint density at radius 1 is 1.22 bits per heavy atom. The smallest absolute Gasteiger partial charge is 0.214 e. The van der Waals surface area contributed by atoms with Crippen LogP contribution < -0.4 is 4.74 Å². The molecular weight excluding hydrogens is 301 g/mol. The fraction of sp³-hybridized carbons (Fsp3) is 0.0769. The van der Waals surface area contributed by atoms with Crippen molar-refractivity contribution in [2.24, 2.45) is 0 Å². The first-order chi connectivity index (χ1) is 8.65. The van der Waals surface area contributed by atoms with Crippen LogP contribution in [0.25, 0.3) is 0 Å². The average molecular weight is 310 g/mol. The van der Waals surface area contributed by atoms with Crippen molar-refractivity contribution < 1.29 is 13.9 Å². The van der Waals surface area contributed by atoms with Gasteiger partial charge in [0.2, 0.25) is 5.88 Å². The van der Waals surface area contributed by atoms with Gasteiger partial charge in [-0.25, -0.2) is 9.37 Å². The molecule has 0 aliphatic rings. The predicted octanol–water partition coefficient (Wildman–Crippen LogP) is 3.24. The molecule has 18 heavy (non-hydrogen) atoms. The van der Waals surface area contributed by atoms with E-state index in [2.05, 4.69) is 20.9 Å². The summed E-state index contributed by atoms with van der Waals surface area (Å²) in [6, 6.07) is 10.5. The number of halogens is 2. The summed E-state index contributed by atoms with van der Waals surface area (Å²) in [5, 5.41) is 0. The van der Waals surface area contributed by atoms with Crippen molar-refractivity contribution in [2.75, 3.05) is 6.61 Å². The summed E-state index contributed by atoms with van der Waals surface area (Å²) in [5.74, 6) is -0.238. The number of carbonyl (C=O) groups is 1. The lowest BCUT2D eigenvalue weighted by Gasteiger charge is -2.04. The summed E-state index contributed by atoms with van der Waals surface area (Å²) in [6.45, 7) is -0.130. The number of benzene rings is 1. The quantitative estimate of drug-likeness (QED) is 0.643. The molecule has 1 heterocycles. The highest BCUT2D eigenvalue weighted by molar-refractivity contribution is 9.10. The molecule has 5 heteroatoms. The van der Waals surface area contributed by atoms with Gasteiger partial charge in [0.05, 0.1) is 0 Å². The van der Waals surface area contributed by atoms with Crippen molar-refractivity contribution >= 4 is 21.7 Å². The van der Waals surface area contributed by atoms with Gasteiger partial charge in [-0.2, -0.15) is 0 Å². The van der Waals surface area contributed by atoms with Crippen LogP contribution in [0.1, 0.15) is 10.4 Å². The first kappa shape index (κ1) is 12.7. The highest BCUT2D eigenvalue weighted by Crippen LogP contribution is 2.12.